The number of H-pyrrole nitrogens is 1. The van der Waals surface area contributed by atoms with Gasteiger partial charge >= 0.3 is 0 Å². The number of nitrogens with zero attached hydrogens (tertiary/aromatic N) is 2. The van der Waals surface area contributed by atoms with E-state index < -0.39 is 0 Å². The Bertz CT molecular complexity index is 2200. The molecule has 200 valence electrons. The molecule has 0 radical (unpaired) electrons. The quantitative estimate of drug-likeness (QED) is 0.242. The van der Waals surface area contributed by atoms with Crippen molar-refractivity contribution in [2.45, 2.75) is 32.7 Å². The van der Waals surface area contributed by atoms with Crippen LogP contribution >= 0.6 is 22.7 Å². The molecule has 41 heavy (non-hydrogen) atoms. The van der Waals surface area contributed by atoms with E-state index in [2.05, 4.69) is 103 Å². The lowest BCUT2D eigenvalue weighted by Gasteiger charge is -2.30. The van der Waals surface area contributed by atoms with Gasteiger partial charge in [-0.2, -0.15) is 0 Å². The average molecular weight is 570 g/mol. The van der Waals surface area contributed by atoms with Gasteiger partial charge < -0.3 is 4.98 Å². The average Bonchev–Trinajstić information content (AvgIpc) is 3.72. The minimum absolute atomic E-state index is 0.0234. The number of aromatic amines is 1. The molecule has 6 aromatic rings. The molecule has 4 heterocycles. The zero-order chi connectivity index (χ0) is 27.7. The van der Waals surface area contributed by atoms with Crippen molar-refractivity contribution in [1.82, 2.24) is 9.55 Å². The van der Waals surface area contributed by atoms with Gasteiger partial charge in [0.15, 0.2) is 4.80 Å². The Kier molecular flexibility index (Phi) is 5.62. The van der Waals surface area contributed by atoms with Crippen LogP contribution in [0.2, 0.25) is 0 Å². The van der Waals surface area contributed by atoms with E-state index in [1.807, 2.05) is 10.6 Å². The van der Waals surface area contributed by atoms with Crippen molar-refractivity contribution in [3.63, 3.8) is 0 Å². The van der Waals surface area contributed by atoms with Gasteiger partial charge in [-0.1, -0.05) is 83.6 Å². The molecule has 2 aliphatic rings. The van der Waals surface area contributed by atoms with E-state index in [0.29, 0.717) is 4.53 Å². The summed E-state index contributed by atoms with van der Waals surface area (Å²) in [4.78, 5) is 25.2. The van der Waals surface area contributed by atoms with Crippen molar-refractivity contribution in [2.75, 3.05) is 0 Å². The van der Waals surface area contributed by atoms with Crippen LogP contribution in [0.4, 0.5) is 0 Å². The molecule has 1 aliphatic heterocycles. The monoisotopic (exact) mass is 569 g/mol. The molecular weight excluding hydrogens is 543 g/mol. The number of rotatable bonds is 3. The smallest absolute Gasteiger partial charge is 0.271 e. The van der Waals surface area contributed by atoms with E-state index in [1.54, 1.807) is 11.3 Å². The van der Waals surface area contributed by atoms with Crippen LogP contribution < -0.4 is 14.9 Å². The van der Waals surface area contributed by atoms with E-state index in [1.165, 1.54) is 44.0 Å². The van der Waals surface area contributed by atoms with Crippen LogP contribution in [0.15, 0.2) is 99.6 Å². The summed E-state index contributed by atoms with van der Waals surface area (Å²) < 4.78 is 2.65. The van der Waals surface area contributed by atoms with Gasteiger partial charge in [0.05, 0.1) is 22.0 Å². The molecule has 0 amide bonds. The summed E-state index contributed by atoms with van der Waals surface area (Å²) in [7, 11) is 0. The summed E-state index contributed by atoms with van der Waals surface area (Å²) in [6, 6.07) is 27.5. The van der Waals surface area contributed by atoms with E-state index in [4.69, 9.17) is 4.99 Å². The molecule has 1 atom stereocenters. The number of fused-ring (bicyclic) bond motifs is 4. The Labute approximate surface area is 245 Å². The number of aryl methyl sites for hydroxylation is 3. The molecule has 4 nitrogen and oxygen atoms in total. The van der Waals surface area contributed by atoms with Crippen molar-refractivity contribution in [2.24, 2.45) is 4.99 Å². The molecular formula is C35H27N3OS2. The molecule has 3 aromatic heterocycles. The molecule has 0 bridgehead atoms. The summed E-state index contributed by atoms with van der Waals surface area (Å²) in [6.07, 6.45) is 3.96. The summed E-state index contributed by atoms with van der Waals surface area (Å²) >= 11 is 3.21. The maximum Gasteiger partial charge on any atom is 0.271 e. The van der Waals surface area contributed by atoms with Gasteiger partial charge in [-0.3, -0.25) is 9.36 Å². The second-order valence-corrected chi connectivity index (χ2v) is 12.9. The fourth-order valence-electron chi connectivity index (χ4n) is 6.50. The van der Waals surface area contributed by atoms with Gasteiger partial charge in [0.25, 0.3) is 5.56 Å². The highest BCUT2D eigenvalue weighted by molar-refractivity contribution is 7.10. The first-order valence-corrected chi connectivity index (χ1v) is 15.6. The topological polar surface area (TPSA) is 50.1 Å². The zero-order valence-electron chi connectivity index (χ0n) is 22.8. The standard InChI is InChI=1S/C35H27N3OS2/c1-20-17-21(2)30-26(18-20)27(31(36-30)23-10-4-3-5-11-23)19-29-34(39)38-33(28-13-8-16-40-28)25-15-14-22-9-6-7-12-24(22)32(25)37-35(38)41-29/h3-13,16-19,33,36H,14-15H2,1-2H3/b29-19+/t33-/m0/s1. The second-order valence-electron chi connectivity index (χ2n) is 10.9. The number of nitrogens with one attached hydrogen (secondary N) is 1. The molecule has 1 N–H and O–H groups in total. The Morgan fingerprint density at radius 3 is 2.63 bits per heavy atom. The van der Waals surface area contributed by atoms with Crippen LogP contribution in [0, 0.1) is 13.8 Å². The van der Waals surface area contributed by atoms with Crippen LogP contribution in [0.1, 0.15) is 45.2 Å². The molecule has 6 heteroatoms. The van der Waals surface area contributed by atoms with Crippen LogP contribution in [0.3, 0.4) is 0 Å². The maximum atomic E-state index is 14.3. The number of hydrogen-bond acceptors (Lipinski definition) is 4. The van der Waals surface area contributed by atoms with E-state index in [9.17, 15) is 4.79 Å². The van der Waals surface area contributed by atoms with Crippen LogP contribution in [0.5, 0.6) is 0 Å². The molecule has 0 unspecified atom stereocenters. The highest BCUT2D eigenvalue weighted by Crippen LogP contribution is 2.42. The van der Waals surface area contributed by atoms with Gasteiger partial charge in [0, 0.05) is 26.9 Å². The molecule has 8 rings (SSSR count). The Morgan fingerprint density at radius 2 is 1.80 bits per heavy atom. The maximum absolute atomic E-state index is 14.3. The van der Waals surface area contributed by atoms with Crippen LogP contribution in [-0.2, 0) is 6.42 Å². The number of benzene rings is 3. The third-order valence-electron chi connectivity index (χ3n) is 8.31. The van der Waals surface area contributed by atoms with Gasteiger partial charge in [-0.05, 0) is 72.5 Å². The lowest BCUT2D eigenvalue weighted by Crippen LogP contribution is -2.38. The fourth-order valence-corrected chi connectivity index (χ4v) is 8.34. The summed E-state index contributed by atoms with van der Waals surface area (Å²) in [5.41, 5.74) is 11.5. The molecule has 0 saturated carbocycles. The van der Waals surface area contributed by atoms with Crippen molar-refractivity contribution in [1.29, 1.82) is 0 Å². The number of aromatic nitrogens is 2. The predicted molar refractivity (Wildman–Crippen MR) is 170 cm³/mol. The number of thiazole rings is 1. The van der Waals surface area contributed by atoms with Gasteiger partial charge in [-0.15, -0.1) is 11.3 Å². The molecule has 1 aliphatic carbocycles. The molecule has 0 fully saturated rings. The minimum atomic E-state index is -0.127. The Morgan fingerprint density at radius 1 is 0.976 bits per heavy atom. The highest BCUT2D eigenvalue weighted by atomic mass is 32.1. The summed E-state index contributed by atoms with van der Waals surface area (Å²) in [5.74, 6) is 0. The minimum Gasteiger partial charge on any atom is -0.354 e. The predicted octanol–water partition coefficient (Wildman–Crippen LogP) is 7.15. The lowest BCUT2D eigenvalue weighted by molar-refractivity contribution is 0.593. The van der Waals surface area contributed by atoms with Crippen LogP contribution in [-0.4, -0.2) is 9.55 Å². The molecule has 0 saturated heterocycles. The van der Waals surface area contributed by atoms with Crippen molar-refractivity contribution < 1.29 is 0 Å². The largest absolute Gasteiger partial charge is 0.354 e. The summed E-state index contributed by atoms with van der Waals surface area (Å²) in [6.45, 7) is 4.27. The second kappa shape index (κ2) is 9.40. The lowest BCUT2D eigenvalue weighted by atomic mass is 9.85. The van der Waals surface area contributed by atoms with Crippen LogP contribution in [0.25, 0.3) is 33.9 Å². The molecule has 0 spiro atoms. The fraction of sp³-hybridized carbons (Fsp3) is 0.143. The first-order chi connectivity index (χ1) is 20.1. The van der Waals surface area contributed by atoms with E-state index >= 15 is 0 Å². The Balaban J connectivity index is 1.41. The van der Waals surface area contributed by atoms with Gasteiger partial charge in [0.2, 0.25) is 0 Å². The zero-order valence-corrected chi connectivity index (χ0v) is 24.4. The van der Waals surface area contributed by atoms with Gasteiger partial charge in [-0.25, -0.2) is 4.99 Å². The summed E-state index contributed by atoms with van der Waals surface area (Å²) in [5, 5.41) is 3.24. The number of thiophene rings is 1. The van der Waals surface area contributed by atoms with E-state index in [-0.39, 0.29) is 11.6 Å². The SMILES string of the molecule is Cc1cc(C)c2[nH]c(-c3ccccc3)c(/C=c3/sc4n(c3=O)[C@H](c3cccs3)C3=C(N=4)c4ccccc4CC3)c2c1. The van der Waals surface area contributed by atoms with E-state index in [0.717, 1.165) is 51.1 Å². The number of hydrogen-bond donors (Lipinski definition) is 1. The Hall–Kier alpha value is -4.26. The normalized spacial score (nSPS) is 16.4. The molecule has 3 aromatic carbocycles. The number of allylic oxidation sites excluding steroid dienone is 1. The third kappa shape index (κ3) is 3.85. The first-order valence-electron chi connectivity index (χ1n) is 13.9. The first kappa shape index (κ1) is 24.5. The van der Waals surface area contributed by atoms with Gasteiger partial charge in [0.1, 0.15) is 0 Å². The van der Waals surface area contributed by atoms with Crippen molar-refractivity contribution in [3.8, 4) is 11.3 Å². The van der Waals surface area contributed by atoms with Crippen molar-refractivity contribution >= 4 is 45.3 Å². The van der Waals surface area contributed by atoms with Crippen molar-refractivity contribution in [3.05, 3.63) is 142 Å². The third-order valence-corrected chi connectivity index (χ3v) is 10.2. The highest BCUT2D eigenvalue weighted by Gasteiger charge is 2.33.